The standard InChI is InChI=1S/C23H20F3N3O3/c24-23(25,26)18-9-5-4-8-16(18)14-29(17-10-11-17)21(30)13-27-22(31)19-12-20(32-28-19)15-6-2-1-3-7-15/h1-9,12,17H,10-11,13-14H2,(H,27,31). The lowest BCUT2D eigenvalue weighted by atomic mass is 10.1. The van der Waals surface area contributed by atoms with Crippen molar-refractivity contribution in [1.82, 2.24) is 15.4 Å². The molecule has 0 atom stereocenters. The lowest BCUT2D eigenvalue weighted by Crippen LogP contribution is -2.41. The van der Waals surface area contributed by atoms with Crippen LogP contribution in [0.4, 0.5) is 13.2 Å². The summed E-state index contributed by atoms with van der Waals surface area (Å²) in [5, 5.41) is 6.21. The van der Waals surface area contributed by atoms with E-state index < -0.39 is 23.6 Å². The number of carbonyl (C=O) groups excluding carboxylic acids is 2. The Bertz CT molecular complexity index is 1110. The van der Waals surface area contributed by atoms with Crippen LogP contribution < -0.4 is 5.32 Å². The van der Waals surface area contributed by atoms with Gasteiger partial charge in [-0.15, -0.1) is 0 Å². The first kappa shape index (κ1) is 21.6. The van der Waals surface area contributed by atoms with Crippen molar-refractivity contribution in [2.24, 2.45) is 0 Å². The van der Waals surface area contributed by atoms with Crippen LogP contribution in [0.3, 0.4) is 0 Å². The number of halogens is 3. The number of nitrogens with one attached hydrogen (secondary N) is 1. The van der Waals surface area contributed by atoms with E-state index in [0.29, 0.717) is 5.76 Å². The lowest BCUT2D eigenvalue weighted by Gasteiger charge is -2.24. The number of hydrogen-bond donors (Lipinski definition) is 1. The number of amides is 2. The van der Waals surface area contributed by atoms with E-state index in [9.17, 15) is 22.8 Å². The van der Waals surface area contributed by atoms with E-state index in [0.717, 1.165) is 24.5 Å². The van der Waals surface area contributed by atoms with Gasteiger partial charge >= 0.3 is 6.18 Å². The maximum absolute atomic E-state index is 13.3. The molecule has 0 aliphatic heterocycles. The highest BCUT2D eigenvalue weighted by Gasteiger charge is 2.37. The van der Waals surface area contributed by atoms with Crippen molar-refractivity contribution in [2.45, 2.75) is 31.6 Å². The van der Waals surface area contributed by atoms with E-state index >= 15 is 0 Å². The first-order valence-electron chi connectivity index (χ1n) is 10.1. The van der Waals surface area contributed by atoms with Gasteiger partial charge in [-0.05, 0) is 24.5 Å². The average molecular weight is 443 g/mol. The van der Waals surface area contributed by atoms with Crippen molar-refractivity contribution >= 4 is 11.8 Å². The van der Waals surface area contributed by atoms with E-state index in [1.807, 2.05) is 18.2 Å². The minimum atomic E-state index is -4.51. The molecule has 1 saturated carbocycles. The summed E-state index contributed by atoms with van der Waals surface area (Å²) in [6.45, 7) is -0.520. The first-order valence-corrected chi connectivity index (χ1v) is 10.1. The minimum absolute atomic E-state index is 0.0112. The fraction of sp³-hybridized carbons (Fsp3) is 0.261. The fourth-order valence-corrected chi connectivity index (χ4v) is 3.39. The van der Waals surface area contributed by atoms with Gasteiger partial charge in [0.1, 0.15) is 0 Å². The van der Waals surface area contributed by atoms with Gasteiger partial charge in [-0.2, -0.15) is 13.2 Å². The summed E-state index contributed by atoms with van der Waals surface area (Å²) < 4.78 is 45.1. The van der Waals surface area contributed by atoms with Gasteiger partial charge in [0.15, 0.2) is 11.5 Å². The van der Waals surface area contributed by atoms with Gasteiger partial charge in [-0.3, -0.25) is 9.59 Å². The van der Waals surface area contributed by atoms with Gasteiger partial charge < -0.3 is 14.7 Å². The maximum atomic E-state index is 13.3. The number of benzene rings is 2. The summed E-state index contributed by atoms with van der Waals surface area (Å²) in [4.78, 5) is 26.5. The zero-order valence-corrected chi connectivity index (χ0v) is 16.9. The topological polar surface area (TPSA) is 75.4 Å². The predicted octanol–water partition coefficient (Wildman–Crippen LogP) is 4.28. The number of aromatic nitrogens is 1. The van der Waals surface area contributed by atoms with Crippen LogP contribution in [0, 0.1) is 0 Å². The maximum Gasteiger partial charge on any atom is 0.416 e. The van der Waals surface area contributed by atoms with Gasteiger partial charge in [0.2, 0.25) is 5.91 Å². The third kappa shape index (κ3) is 4.99. The Kier molecular flexibility index (Phi) is 5.98. The molecule has 2 amide bonds. The monoisotopic (exact) mass is 443 g/mol. The Morgan fingerprint density at radius 3 is 2.44 bits per heavy atom. The van der Waals surface area contributed by atoms with Crippen molar-refractivity contribution in [1.29, 1.82) is 0 Å². The van der Waals surface area contributed by atoms with Crippen LogP contribution in [0.5, 0.6) is 0 Å². The number of rotatable bonds is 7. The second-order valence-electron chi connectivity index (χ2n) is 7.53. The van der Waals surface area contributed by atoms with Crippen molar-refractivity contribution in [2.75, 3.05) is 6.54 Å². The molecule has 9 heteroatoms. The van der Waals surface area contributed by atoms with Crippen molar-refractivity contribution < 1.29 is 27.3 Å². The van der Waals surface area contributed by atoms with Crippen molar-refractivity contribution in [3.05, 3.63) is 77.5 Å². The van der Waals surface area contributed by atoms with Crippen LogP contribution in [0.15, 0.2) is 65.2 Å². The Labute approximate surface area is 182 Å². The van der Waals surface area contributed by atoms with Gasteiger partial charge in [0.25, 0.3) is 5.91 Å². The molecule has 0 unspecified atom stereocenters. The molecule has 0 radical (unpaired) electrons. The minimum Gasteiger partial charge on any atom is -0.355 e. The van der Waals surface area contributed by atoms with E-state index in [-0.39, 0.29) is 30.4 Å². The molecular formula is C23H20F3N3O3. The second kappa shape index (κ2) is 8.86. The SMILES string of the molecule is O=C(NCC(=O)N(Cc1ccccc1C(F)(F)F)C1CC1)c1cc(-c2ccccc2)on1. The molecular weight excluding hydrogens is 423 g/mol. The Balaban J connectivity index is 1.41. The predicted molar refractivity (Wildman–Crippen MR) is 109 cm³/mol. The highest BCUT2D eigenvalue weighted by atomic mass is 19.4. The summed E-state index contributed by atoms with van der Waals surface area (Å²) in [5.41, 5.74) is 0.0181. The van der Waals surface area contributed by atoms with Gasteiger partial charge in [0, 0.05) is 24.2 Å². The van der Waals surface area contributed by atoms with Gasteiger partial charge in [-0.1, -0.05) is 53.7 Å². The summed E-state index contributed by atoms with van der Waals surface area (Å²) >= 11 is 0. The number of hydrogen-bond acceptors (Lipinski definition) is 4. The third-order valence-corrected chi connectivity index (χ3v) is 5.17. The van der Waals surface area contributed by atoms with E-state index in [1.165, 1.54) is 29.2 Å². The highest BCUT2D eigenvalue weighted by molar-refractivity contribution is 5.95. The van der Waals surface area contributed by atoms with Gasteiger partial charge in [-0.25, -0.2) is 0 Å². The number of nitrogens with zero attached hydrogens (tertiary/aromatic N) is 2. The summed E-state index contributed by atoms with van der Waals surface area (Å²) in [6, 6.07) is 15.6. The largest absolute Gasteiger partial charge is 0.416 e. The van der Waals surface area contributed by atoms with Crippen LogP contribution in [0.1, 0.15) is 34.5 Å². The normalized spacial score (nSPS) is 13.6. The number of alkyl halides is 3. The summed E-state index contributed by atoms with van der Waals surface area (Å²) in [6.07, 6.45) is -3.07. The van der Waals surface area contributed by atoms with E-state index in [1.54, 1.807) is 12.1 Å². The van der Waals surface area contributed by atoms with Crippen LogP contribution in [0.2, 0.25) is 0 Å². The van der Waals surface area contributed by atoms with Crippen LogP contribution in [-0.4, -0.2) is 34.5 Å². The molecule has 1 aliphatic rings. The first-order chi connectivity index (χ1) is 15.3. The third-order valence-electron chi connectivity index (χ3n) is 5.17. The molecule has 0 spiro atoms. The molecule has 1 heterocycles. The molecule has 166 valence electrons. The summed E-state index contributed by atoms with van der Waals surface area (Å²) in [7, 11) is 0. The highest BCUT2D eigenvalue weighted by Crippen LogP contribution is 2.34. The quantitative estimate of drug-likeness (QED) is 0.592. The van der Waals surface area contributed by atoms with Gasteiger partial charge in [0.05, 0.1) is 12.1 Å². The van der Waals surface area contributed by atoms with Crippen LogP contribution in [-0.2, 0) is 17.5 Å². The molecule has 32 heavy (non-hydrogen) atoms. The zero-order valence-electron chi connectivity index (χ0n) is 16.9. The van der Waals surface area contributed by atoms with Crippen LogP contribution in [0.25, 0.3) is 11.3 Å². The molecule has 4 rings (SSSR count). The molecule has 0 bridgehead atoms. The lowest BCUT2D eigenvalue weighted by molar-refractivity contribution is -0.139. The van der Waals surface area contributed by atoms with Crippen molar-refractivity contribution in [3.63, 3.8) is 0 Å². The molecule has 2 aromatic carbocycles. The Hall–Kier alpha value is -3.62. The second-order valence-corrected chi connectivity index (χ2v) is 7.53. The van der Waals surface area contributed by atoms with Crippen LogP contribution >= 0.6 is 0 Å². The molecule has 1 aromatic heterocycles. The summed E-state index contributed by atoms with van der Waals surface area (Å²) in [5.74, 6) is -0.647. The average Bonchev–Trinajstić information content (AvgIpc) is 3.50. The molecule has 3 aromatic rings. The molecule has 1 aliphatic carbocycles. The Morgan fingerprint density at radius 2 is 1.75 bits per heavy atom. The molecule has 6 nitrogen and oxygen atoms in total. The number of carbonyl (C=O) groups is 2. The molecule has 1 fully saturated rings. The fourth-order valence-electron chi connectivity index (χ4n) is 3.39. The van der Waals surface area contributed by atoms with Crippen molar-refractivity contribution in [3.8, 4) is 11.3 Å². The molecule has 0 saturated heterocycles. The Morgan fingerprint density at radius 1 is 1.06 bits per heavy atom. The van der Waals surface area contributed by atoms with E-state index in [2.05, 4.69) is 10.5 Å². The zero-order chi connectivity index (χ0) is 22.7. The van der Waals surface area contributed by atoms with E-state index in [4.69, 9.17) is 4.52 Å². The smallest absolute Gasteiger partial charge is 0.355 e. The molecule has 1 N–H and O–H groups in total.